The van der Waals surface area contributed by atoms with E-state index in [1.54, 1.807) is 18.2 Å². The van der Waals surface area contributed by atoms with Crippen molar-refractivity contribution in [1.82, 2.24) is 4.72 Å². The summed E-state index contributed by atoms with van der Waals surface area (Å²) in [4.78, 5) is 10.3. The van der Waals surface area contributed by atoms with Crippen molar-refractivity contribution in [2.24, 2.45) is 0 Å². The first-order valence-electron chi connectivity index (χ1n) is 9.34. The number of halogens is 4. The molecule has 0 bridgehead atoms. The Bertz CT molecular complexity index is 1090. The van der Waals surface area contributed by atoms with E-state index in [-0.39, 0.29) is 4.47 Å². The second-order valence-corrected chi connectivity index (χ2v) is 9.73. The third kappa shape index (κ3) is 5.78. The highest BCUT2D eigenvalue weighted by Crippen LogP contribution is 2.36. The van der Waals surface area contributed by atoms with E-state index < -0.39 is 45.3 Å². The van der Waals surface area contributed by atoms with Gasteiger partial charge in [-0.1, -0.05) is 34.5 Å². The van der Waals surface area contributed by atoms with Crippen molar-refractivity contribution in [2.75, 3.05) is 6.61 Å². The number of benzene rings is 2. The minimum Gasteiger partial charge on any atom is -0.482 e. The highest BCUT2D eigenvalue weighted by Gasteiger charge is 2.33. The average Bonchev–Trinajstić information content (AvgIpc) is 2.87. The molecule has 11 heteroatoms. The van der Waals surface area contributed by atoms with E-state index in [2.05, 4.69) is 20.7 Å². The normalized spacial score (nSPS) is 17.0. The lowest BCUT2D eigenvalue weighted by atomic mass is 9.99. The third-order valence-corrected chi connectivity index (χ3v) is 6.78. The summed E-state index contributed by atoms with van der Waals surface area (Å²) in [5, 5.41) is 8.87. The standard InChI is InChI=1S/C20H19BrF3NO5S/c21-13-8-12(20(22,23)24)9-14(10-13)31(28,29)25-17-6-2-1-4-16-15(17)5-3-7-18(16)30-11-19(26)27/h3,5,7-10,17,25H,1-2,4,6,11H2,(H,26,27). The summed E-state index contributed by atoms with van der Waals surface area (Å²) in [6.45, 7) is -0.537. The minimum absolute atomic E-state index is 0.00618. The van der Waals surface area contributed by atoms with Crippen LogP contribution in [0.15, 0.2) is 45.8 Å². The van der Waals surface area contributed by atoms with Gasteiger partial charge in [0.15, 0.2) is 6.61 Å². The fraction of sp³-hybridized carbons (Fsp3) is 0.350. The maximum absolute atomic E-state index is 13.1. The van der Waals surface area contributed by atoms with Crippen LogP contribution in [0.3, 0.4) is 0 Å². The number of hydrogen-bond acceptors (Lipinski definition) is 4. The molecule has 0 aromatic heterocycles. The molecule has 1 aliphatic carbocycles. The van der Waals surface area contributed by atoms with Crippen molar-refractivity contribution in [3.63, 3.8) is 0 Å². The van der Waals surface area contributed by atoms with Crippen molar-refractivity contribution >= 4 is 31.9 Å². The van der Waals surface area contributed by atoms with Crippen LogP contribution in [0.4, 0.5) is 13.2 Å². The summed E-state index contributed by atoms with van der Waals surface area (Å²) in [5.41, 5.74) is 0.238. The smallest absolute Gasteiger partial charge is 0.416 e. The van der Waals surface area contributed by atoms with Gasteiger partial charge in [0.05, 0.1) is 10.5 Å². The summed E-state index contributed by atoms with van der Waals surface area (Å²) >= 11 is 2.94. The van der Waals surface area contributed by atoms with Gasteiger partial charge in [0, 0.05) is 10.5 Å². The molecule has 0 heterocycles. The van der Waals surface area contributed by atoms with Crippen molar-refractivity contribution in [3.05, 3.63) is 57.6 Å². The molecule has 168 valence electrons. The molecule has 1 unspecified atom stereocenters. The van der Waals surface area contributed by atoms with Gasteiger partial charge in [-0.05, 0) is 54.7 Å². The number of sulfonamides is 1. The zero-order valence-corrected chi connectivity index (χ0v) is 18.5. The van der Waals surface area contributed by atoms with Gasteiger partial charge in [0.25, 0.3) is 0 Å². The van der Waals surface area contributed by atoms with Crippen molar-refractivity contribution < 1.29 is 36.2 Å². The fourth-order valence-corrected chi connectivity index (χ4v) is 5.48. The molecule has 0 radical (unpaired) electrons. The Labute approximate surface area is 185 Å². The van der Waals surface area contributed by atoms with Gasteiger partial charge >= 0.3 is 12.1 Å². The number of carboxylic acids is 1. The predicted molar refractivity (Wildman–Crippen MR) is 109 cm³/mol. The molecule has 6 nitrogen and oxygen atoms in total. The van der Waals surface area contributed by atoms with Crippen LogP contribution in [0, 0.1) is 0 Å². The highest BCUT2D eigenvalue weighted by molar-refractivity contribution is 9.10. The maximum Gasteiger partial charge on any atom is 0.416 e. The monoisotopic (exact) mass is 521 g/mol. The second kappa shape index (κ2) is 9.17. The molecule has 0 saturated heterocycles. The van der Waals surface area contributed by atoms with Crippen molar-refractivity contribution in [1.29, 1.82) is 0 Å². The van der Waals surface area contributed by atoms with Crippen LogP contribution < -0.4 is 9.46 Å². The number of nitrogens with one attached hydrogen (secondary N) is 1. The lowest BCUT2D eigenvalue weighted by Gasteiger charge is -2.21. The summed E-state index contributed by atoms with van der Waals surface area (Å²) < 4.78 is 73.1. The van der Waals surface area contributed by atoms with Crippen molar-refractivity contribution in [2.45, 2.75) is 42.8 Å². The molecule has 0 fully saturated rings. The minimum atomic E-state index is -4.70. The molecule has 0 amide bonds. The summed E-state index contributed by atoms with van der Waals surface area (Å²) in [6.07, 6.45) is -2.28. The Kier molecular flexibility index (Phi) is 6.97. The molecular weight excluding hydrogens is 503 g/mol. The van der Waals surface area contributed by atoms with Gasteiger partial charge in [-0.15, -0.1) is 0 Å². The van der Waals surface area contributed by atoms with Crippen LogP contribution in [-0.2, 0) is 27.4 Å². The molecule has 1 aliphatic rings. The molecule has 0 spiro atoms. The number of hydrogen-bond donors (Lipinski definition) is 2. The maximum atomic E-state index is 13.1. The van der Waals surface area contributed by atoms with E-state index >= 15 is 0 Å². The van der Waals surface area contributed by atoms with Gasteiger partial charge < -0.3 is 9.84 Å². The summed E-state index contributed by atoms with van der Waals surface area (Å²) in [5.74, 6) is -0.786. The molecular formula is C20H19BrF3NO5S. The Morgan fingerprint density at radius 3 is 2.65 bits per heavy atom. The molecule has 2 N–H and O–H groups in total. The first-order valence-corrected chi connectivity index (χ1v) is 11.6. The Hall–Kier alpha value is -2.11. The summed E-state index contributed by atoms with van der Waals surface area (Å²) in [6, 6.07) is 6.78. The third-order valence-electron chi connectivity index (χ3n) is 4.87. The van der Waals surface area contributed by atoms with Crippen LogP contribution in [0.2, 0.25) is 0 Å². The fourth-order valence-electron chi connectivity index (χ4n) is 3.52. The number of carboxylic acid groups (broad SMARTS) is 1. The SMILES string of the molecule is O=C(O)COc1cccc2c1CCCCC2NS(=O)(=O)c1cc(Br)cc(C(F)(F)F)c1. The Balaban J connectivity index is 1.95. The van der Waals surface area contributed by atoms with Crippen LogP contribution in [0.1, 0.15) is 42.0 Å². The zero-order chi connectivity index (χ0) is 22.8. The number of aliphatic carboxylic acids is 1. The lowest BCUT2D eigenvalue weighted by Crippen LogP contribution is -2.29. The molecule has 0 saturated carbocycles. The molecule has 1 atom stereocenters. The number of alkyl halides is 3. The second-order valence-electron chi connectivity index (χ2n) is 7.10. The number of fused-ring (bicyclic) bond motifs is 1. The summed E-state index contributed by atoms with van der Waals surface area (Å²) in [7, 11) is -4.28. The van der Waals surface area contributed by atoms with E-state index in [1.165, 1.54) is 0 Å². The van der Waals surface area contributed by atoms with Gasteiger partial charge in [-0.2, -0.15) is 13.2 Å². The van der Waals surface area contributed by atoms with E-state index in [1.807, 2.05) is 0 Å². The highest BCUT2D eigenvalue weighted by atomic mass is 79.9. The van der Waals surface area contributed by atoms with Gasteiger partial charge in [-0.3, -0.25) is 0 Å². The molecule has 0 aliphatic heterocycles. The number of rotatable bonds is 6. The van der Waals surface area contributed by atoms with Gasteiger partial charge in [-0.25, -0.2) is 17.9 Å². The van der Waals surface area contributed by atoms with Crippen molar-refractivity contribution in [3.8, 4) is 5.75 Å². The molecule has 2 aromatic rings. The van der Waals surface area contributed by atoms with E-state index in [0.717, 1.165) is 18.6 Å². The Morgan fingerprint density at radius 2 is 1.97 bits per heavy atom. The topological polar surface area (TPSA) is 92.7 Å². The van der Waals surface area contributed by atoms with Gasteiger partial charge in [0.2, 0.25) is 10.0 Å². The molecule has 3 rings (SSSR count). The number of carbonyl (C=O) groups is 1. The van der Waals surface area contributed by atoms with E-state index in [9.17, 15) is 26.4 Å². The average molecular weight is 522 g/mol. The van der Waals surface area contributed by atoms with Crippen LogP contribution in [0.25, 0.3) is 0 Å². The number of ether oxygens (including phenoxy) is 1. The first kappa shape index (κ1) is 23.6. The lowest BCUT2D eigenvalue weighted by molar-refractivity contribution is -0.139. The Morgan fingerprint density at radius 1 is 1.23 bits per heavy atom. The van der Waals surface area contributed by atoms with Crippen LogP contribution in [-0.4, -0.2) is 26.1 Å². The van der Waals surface area contributed by atoms with Crippen LogP contribution >= 0.6 is 15.9 Å². The predicted octanol–water partition coefficient (Wildman–Crippen LogP) is 4.68. The largest absolute Gasteiger partial charge is 0.482 e. The molecule has 31 heavy (non-hydrogen) atoms. The zero-order valence-electron chi connectivity index (χ0n) is 16.1. The quantitative estimate of drug-likeness (QED) is 0.538. The van der Waals surface area contributed by atoms with E-state index in [0.29, 0.717) is 42.2 Å². The van der Waals surface area contributed by atoms with Gasteiger partial charge in [0.1, 0.15) is 5.75 Å². The van der Waals surface area contributed by atoms with Crippen LogP contribution in [0.5, 0.6) is 5.75 Å². The molecule has 2 aromatic carbocycles. The first-order chi connectivity index (χ1) is 14.5. The van der Waals surface area contributed by atoms with E-state index in [4.69, 9.17) is 9.84 Å².